The smallest absolute Gasteiger partial charge is 0.331 e. The number of aryl methyl sites for hydroxylation is 1. The Bertz CT molecular complexity index is 1080. The van der Waals surface area contributed by atoms with Crippen molar-refractivity contribution >= 4 is 45.4 Å². The van der Waals surface area contributed by atoms with E-state index in [4.69, 9.17) is 20.8 Å². The molecule has 3 rings (SSSR count). The number of nitrogens with zero attached hydrogens (tertiary/aromatic N) is 1. The molecule has 2 aromatic heterocycles. The summed E-state index contributed by atoms with van der Waals surface area (Å²) in [6.07, 6.45) is 2.70. The minimum atomic E-state index is -0.615. The summed E-state index contributed by atoms with van der Waals surface area (Å²) >= 11 is 9.44. The predicted molar refractivity (Wildman–Crippen MR) is 115 cm³/mol. The van der Waals surface area contributed by atoms with E-state index in [2.05, 4.69) is 15.9 Å². The Morgan fingerprint density at radius 2 is 1.97 bits per heavy atom. The summed E-state index contributed by atoms with van der Waals surface area (Å²) in [5.41, 5.74) is 3.23. The van der Waals surface area contributed by atoms with Gasteiger partial charge in [-0.15, -0.1) is 0 Å². The number of aromatic nitrogens is 1. The highest BCUT2D eigenvalue weighted by Crippen LogP contribution is 2.22. The summed E-state index contributed by atoms with van der Waals surface area (Å²) in [4.78, 5) is 24.4. The molecule has 0 atom stereocenters. The van der Waals surface area contributed by atoms with Gasteiger partial charge in [0, 0.05) is 34.6 Å². The molecule has 0 aliphatic heterocycles. The summed E-state index contributed by atoms with van der Waals surface area (Å²) in [6, 6.07) is 12.8. The van der Waals surface area contributed by atoms with Gasteiger partial charge in [-0.2, -0.15) is 0 Å². The average Bonchev–Trinajstić information content (AvgIpc) is 3.23. The average molecular weight is 477 g/mol. The molecule has 0 N–H and O–H groups in total. The first-order valence-electron chi connectivity index (χ1n) is 8.88. The molecule has 1 aromatic carbocycles. The normalized spacial score (nSPS) is 11.2. The summed E-state index contributed by atoms with van der Waals surface area (Å²) in [5.74, 6) is -0.370. The van der Waals surface area contributed by atoms with Crippen LogP contribution in [0.15, 0.2) is 57.6 Å². The van der Waals surface area contributed by atoms with Crippen LogP contribution in [0.5, 0.6) is 0 Å². The zero-order valence-electron chi connectivity index (χ0n) is 15.9. The molecular formula is C22H19BrClNO4. The molecule has 0 fully saturated rings. The van der Waals surface area contributed by atoms with E-state index < -0.39 is 5.97 Å². The molecule has 0 spiro atoms. The van der Waals surface area contributed by atoms with Crippen LogP contribution in [-0.2, 0) is 16.1 Å². The van der Waals surface area contributed by atoms with E-state index in [9.17, 15) is 9.59 Å². The number of hydrogen-bond donors (Lipinski definition) is 0. The van der Waals surface area contributed by atoms with Gasteiger partial charge in [0.2, 0.25) is 5.78 Å². The van der Waals surface area contributed by atoms with Crippen LogP contribution in [0.1, 0.15) is 33.1 Å². The van der Waals surface area contributed by atoms with Crippen LogP contribution in [0, 0.1) is 13.8 Å². The molecule has 7 heteroatoms. The van der Waals surface area contributed by atoms with Crippen molar-refractivity contribution in [1.82, 2.24) is 4.57 Å². The Hall–Kier alpha value is -2.57. The van der Waals surface area contributed by atoms with E-state index in [1.165, 1.54) is 12.2 Å². The fourth-order valence-corrected chi connectivity index (χ4v) is 3.47. The molecule has 0 unspecified atom stereocenters. The van der Waals surface area contributed by atoms with Crippen LogP contribution in [-0.4, -0.2) is 22.9 Å². The molecular weight excluding hydrogens is 458 g/mol. The number of halogens is 2. The first-order valence-corrected chi connectivity index (χ1v) is 10.1. The highest BCUT2D eigenvalue weighted by molar-refractivity contribution is 9.10. The van der Waals surface area contributed by atoms with Crippen molar-refractivity contribution in [3.63, 3.8) is 0 Å². The van der Waals surface area contributed by atoms with Gasteiger partial charge in [0.25, 0.3) is 0 Å². The Morgan fingerprint density at radius 3 is 2.66 bits per heavy atom. The van der Waals surface area contributed by atoms with Crippen LogP contribution in [0.25, 0.3) is 6.08 Å². The maximum atomic E-state index is 12.6. The first kappa shape index (κ1) is 21.1. The van der Waals surface area contributed by atoms with Gasteiger partial charge >= 0.3 is 5.97 Å². The number of ketones is 1. The second-order valence-corrected chi connectivity index (χ2v) is 7.66. The molecule has 0 saturated heterocycles. The third-order valence-corrected chi connectivity index (χ3v) is 5.28. The summed E-state index contributed by atoms with van der Waals surface area (Å²) in [5, 5.41) is 0.678. The van der Waals surface area contributed by atoms with Gasteiger partial charge in [-0.3, -0.25) is 4.79 Å². The molecule has 29 heavy (non-hydrogen) atoms. The Kier molecular flexibility index (Phi) is 6.77. The molecule has 0 radical (unpaired) electrons. The summed E-state index contributed by atoms with van der Waals surface area (Å²) < 4.78 is 12.9. The number of hydrogen-bond acceptors (Lipinski definition) is 4. The van der Waals surface area contributed by atoms with E-state index in [-0.39, 0.29) is 12.4 Å². The quantitative estimate of drug-likeness (QED) is 0.253. The van der Waals surface area contributed by atoms with Gasteiger partial charge in [-0.25, -0.2) is 4.79 Å². The van der Waals surface area contributed by atoms with E-state index in [0.29, 0.717) is 27.6 Å². The lowest BCUT2D eigenvalue weighted by atomic mass is 10.1. The van der Waals surface area contributed by atoms with Gasteiger partial charge in [0.1, 0.15) is 5.76 Å². The van der Waals surface area contributed by atoms with Crippen molar-refractivity contribution in [3.8, 4) is 0 Å². The zero-order valence-corrected chi connectivity index (χ0v) is 18.3. The highest BCUT2D eigenvalue weighted by atomic mass is 79.9. The van der Waals surface area contributed by atoms with Crippen molar-refractivity contribution in [2.45, 2.75) is 20.4 Å². The first-order chi connectivity index (χ1) is 13.8. The highest BCUT2D eigenvalue weighted by Gasteiger charge is 2.17. The molecule has 0 amide bonds. The van der Waals surface area contributed by atoms with Gasteiger partial charge in [-0.1, -0.05) is 29.8 Å². The predicted octanol–water partition coefficient (Wildman–Crippen LogP) is 5.60. The van der Waals surface area contributed by atoms with Crippen LogP contribution in [0.3, 0.4) is 0 Å². The number of ether oxygens (including phenoxy) is 1. The SMILES string of the molecule is Cc1cc(C(=O)COC(=O)C=Cc2ccc(Br)o2)c(C)n1Cc1ccccc1Cl. The maximum absolute atomic E-state index is 12.6. The Balaban J connectivity index is 1.64. The maximum Gasteiger partial charge on any atom is 0.331 e. The van der Waals surface area contributed by atoms with Crippen molar-refractivity contribution in [1.29, 1.82) is 0 Å². The van der Waals surface area contributed by atoms with Crippen molar-refractivity contribution < 1.29 is 18.7 Å². The monoisotopic (exact) mass is 475 g/mol. The number of benzene rings is 1. The van der Waals surface area contributed by atoms with Gasteiger partial charge in [0.15, 0.2) is 11.3 Å². The molecule has 5 nitrogen and oxygen atoms in total. The topological polar surface area (TPSA) is 61.4 Å². The number of esters is 1. The standard InChI is InChI=1S/C22H19BrClNO4/c1-14-11-18(15(2)25(14)12-16-5-3-4-6-19(16)24)20(26)13-28-22(27)10-8-17-7-9-21(23)29-17/h3-11H,12-13H2,1-2H3. The van der Waals surface area contributed by atoms with Crippen LogP contribution < -0.4 is 0 Å². The molecule has 2 heterocycles. The molecule has 3 aromatic rings. The summed E-state index contributed by atoms with van der Waals surface area (Å²) in [6.45, 7) is 4.03. The minimum absolute atomic E-state index is 0.258. The van der Waals surface area contributed by atoms with E-state index in [1.54, 1.807) is 18.2 Å². The third kappa shape index (κ3) is 5.28. The van der Waals surface area contributed by atoms with Crippen LogP contribution in [0.2, 0.25) is 5.02 Å². The summed E-state index contributed by atoms with van der Waals surface area (Å²) in [7, 11) is 0. The number of carbonyl (C=O) groups excluding carboxylic acids is 2. The van der Waals surface area contributed by atoms with Crippen molar-refractivity contribution in [2.24, 2.45) is 0 Å². The zero-order chi connectivity index (χ0) is 21.0. The number of rotatable bonds is 7. The van der Waals surface area contributed by atoms with Gasteiger partial charge in [0.05, 0.1) is 0 Å². The Morgan fingerprint density at radius 1 is 1.21 bits per heavy atom. The fourth-order valence-electron chi connectivity index (χ4n) is 2.95. The third-order valence-electron chi connectivity index (χ3n) is 4.48. The van der Waals surface area contributed by atoms with E-state index in [1.807, 2.05) is 42.7 Å². The van der Waals surface area contributed by atoms with Gasteiger partial charge < -0.3 is 13.7 Å². The van der Waals surface area contributed by atoms with Gasteiger partial charge in [-0.05, 0) is 65.7 Å². The number of furan rings is 1. The fraction of sp³-hybridized carbons (Fsp3) is 0.182. The Labute approximate surface area is 182 Å². The lowest BCUT2D eigenvalue weighted by Crippen LogP contribution is -2.14. The number of Topliss-reactive ketones (excluding diaryl/α,β-unsaturated/α-hetero) is 1. The molecule has 0 saturated carbocycles. The minimum Gasteiger partial charge on any atom is -0.454 e. The van der Waals surface area contributed by atoms with Crippen LogP contribution in [0.4, 0.5) is 0 Å². The van der Waals surface area contributed by atoms with E-state index in [0.717, 1.165) is 17.0 Å². The lowest BCUT2D eigenvalue weighted by Gasteiger charge is -2.11. The largest absolute Gasteiger partial charge is 0.454 e. The lowest BCUT2D eigenvalue weighted by molar-refractivity contribution is -0.136. The second-order valence-electron chi connectivity index (χ2n) is 6.47. The molecule has 150 valence electrons. The van der Waals surface area contributed by atoms with Crippen LogP contribution >= 0.6 is 27.5 Å². The molecule has 0 aliphatic rings. The second kappa shape index (κ2) is 9.29. The van der Waals surface area contributed by atoms with Crippen molar-refractivity contribution in [3.05, 3.63) is 86.5 Å². The number of carbonyl (C=O) groups is 2. The molecule has 0 bridgehead atoms. The molecule has 0 aliphatic carbocycles. The van der Waals surface area contributed by atoms with E-state index >= 15 is 0 Å². The van der Waals surface area contributed by atoms with Crippen molar-refractivity contribution in [2.75, 3.05) is 6.61 Å².